The van der Waals surface area contributed by atoms with E-state index in [9.17, 15) is 5.11 Å². The second kappa shape index (κ2) is 11.0. The van der Waals surface area contributed by atoms with Gasteiger partial charge >= 0.3 is 0 Å². The van der Waals surface area contributed by atoms with Crippen LogP contribution in [-0.2, 0) is 23.2 Å². The van der Waals surface area contributed by atoms with E-state index in [2.05, 4.69) is 85.3 Å². The Kier molecular flexibility index (Phi) is 8.72. The quantitative estimate of drug-likeness (QED) is 0.358. The Labute approximate surface area is 175 Å². The largest absolute Gasteiger partial charge is 0.389 e. The molecule has 1 aromatic heterocycles. The van der Waals surface area contributed by atoms with E-state index < -0.39 is 6.10 Å². The van der Waals surface area contributed by atoms with E-state index in [0.717, 1.165) is 13.1 Å². The second-order valence-corrected chi connectivity index (χ2v) is 8.43. The first kappa shape index (κ1) is 23.0. The summed E-state index contributed by atoms with van der Waals surface area (Å²) in [4.78, 5) is 2.16. The van der Waals surface area contributed by atoms with Gasteiger partial charge in [-0.1, -0.05) is 57.0 Å². The summed E-state index contributed by atoms with van der Waals surface area (Å²) in [7, 11) is 0. The van der Waals surface area contributed by atoms with Crippen LogP contribution < -0.4 is 0 Å². The number of terminal acetylenes is 1. The lowest BCUT2D eigenvalue weighted by Gasteiger charge is -2.24. The van der Waals surface area contributed by atoms with Crippen molar-refractivity contribution in [3.63, 3.8) is 0 Å². The van der Waals surface area contributed by atoms with E-state index in [1.807, 2.05) is 6.08 Å². The van der Waals surface area contributed by atoms with Crippen molar-refractivity contribution in [2.24, 2.45) is 0 Å². The fourth-order valence-electron chi connectivity index (χ4n) is 3.27. The maximum absolute atomic E-state index is 10.2. The molecule has 0 saturated heterocycles. The van der Waals surface area contributed by atoms with E-state index in [1.54, 1.807) is 0 Å². The van der Waals surface area contributed by atoms with Crippen molar-refractivity contribution in [2.75, 3.05) is 26.3 Å². The van der Waals surface area contributed by atoms with E-state index in [4.69, 9.17) is 11.2 Å². The molecule has 0 spiro atoms. The van der Waals surface area contributed by atoms with Gasteiger partial charge in [0.2, 0.25) is 0 Å². The summed E-state index contributed by atoms with van der Waals surface area (Å²) in [5.41, 5.74) is 3.97. The normalized spacial score (nSPS) is 12.7. The van der Waals surface area contributed by atoms with Crippen LogP contribution in [0.3, 0.4) is 0 Å². The van der Waals surface area contributed by atoms with Crippen LogP contribution in [0.25, 0.3) is 0 Å². The van der Waals surface area contributed by atoms with Gasteiger partial charge in [-0.05, 0) is 28.7 Å². The maximum Gasteiger partial charge on any atom is 0.107 e. The Morgan fingerprint density at radius 3 is 2.62 bits per heavy atom. The predicted molar refractivity (Wildman–Crippen MR) is 120 cm³/mol. The molecule has 4 nitrogen and oxygen atoms in total. The van der Waals surface area contributed by atoms with Crippen molar-refractivity contribution in [1.29, 1.82) is 0 Å². The molecule has 156 valence electrons. The minimum absolute atomic E-state index is 0.160. The average molecular weight is 395 g/mol. The van der Waals surface area contributed by atoms with Gasteiger partial charge in [0.15, 0.2) is 0 Å². The van der Waals surface area contributed by atoms with Gasteiger partial charge < -0.3 is 14.4 Å². The lowest BCUT2D eigenvalue weighted by Crippen LogP contribution is -2.35. The highest BCUT2D eigenvalue weighted by molar-refractivity contribution is 5.28. The summed E-state index contributed by atoms with van der Waals surface area (Å²) in [6, 6.07) is 13.0. The number of nitrogens with zero attached hydrogens (tertiary/aromatic N) is 2. The van der Waals surface area contributed by atoms with Gasteiger partial charge in [-0.15, -0.1) is 13.0 Å². The Hall–Kier alpha value is -2.32. The third-order valence-electron chi connectivity index (χ3n) is 4.83. The number of aliphatic hydroxyl groups excluding tert-OH is 1. The highest BCUT2D eigenvalue weighted by Gasteiger charge is 2.15. The topological polar surface area (TPSA) is 37.6 Å². The van der Waals surface area contributed by atoms with Crippen molar-refractivity contribution in [3.8, 4) is 12.3 Å². The first-order chi connectivity index (χ1) is 13.8. The predicted octanol–water partition coefficient (Wildman–Crippen LogP) is 3.83. The third-order valence-corrected chi connectivity index (χ3v) is 4.83. The van der Waals surface area contributed by atoms with Gasteiger partial charge in [0.05, 0.1) is 12.7 Å². The molecule has 0 aliphatic carbocycles. The molecule has 0 radical (unpaired) electrons. The van der Waals surface area contributed by atoms with Crippen molar-refractivity contribution in [1.82, 2.24) is 9.47 Å². The monoisotopic (exact) mass is 394 g/mol. The molecule has 0 aliphatic heterocycles. The van der Waals surface area contributed by atoms with Gasteiger partial charge in [-0.25, -0.2) is 0 Å². The zero-order chi connectivity index (χ0) is 21.3. The zero-order valence-corrected chi connectivity index (χ0v) is 18.0. The fraction of sp³-hybridized carbons (Fsp3) is 0.440. The third kappa shape index (κ3) is 7.55. The first-order valence-corrected chi connectivity index (χ1v) is 10.1. The summed E-state index contributed by atoms with van der Waals surface area (Å²) in [5, 5.41) is 10.2. The van der Waals surface area contributed by atoms with Gasteiger partial charge in [0, 0.05) is 38.1 Å². The molecule has 4 heteroatoms. The summed E-state index contributed by atoms with van der Waals surface area (Å²) in [6.07, 6.45) is 8.55. The number of hydrogen-bond acceptors (Lipinski definition) is 3. The number of benzene rings is 1. The maximum atomic E-state index is 10.2. The molecule has 1 heterocycles. The van der Waals surface area contributed by atoms with Crippen LogP contribution in [0, 0.1) is 12.3 Å². The summed E-state index contributed by atoms with van der Waals surface area (Å²) >= 11 is 0. The van der Waals surface area contributed by atoms with Gasteiger partial charge in [-0.3, -0.25) is 4.90 Å². The molecule has 0 amide bonds. The molecular weight excluding hydrogens is 360 g/mol. The lowest BCUT2D eigenvalue weighted by atomic mass is 9.87. The first-order valence-electron chi connectivity index (χ1n) is 10.1. The molecule has 2 aromatic rings. The molecule has 1 aromatic carbocycles. The smallest absolute Gasteiger partial charge is 0.107 e. The minimum Gasteiger partial charge on any atom is -0.389 e. The Morgan fingerprint density at radius 2 is 2.00 bits per heavy atom. The van der Waals surface area contributed by atoms with Crippen LogP contribution in [0.2, 0.25) is 0 Å². The van der Waals surface area contributed by atoms with Crippen LogP contribution in [0.15, 0.2) is 55.3 Å². The molecule has 0 unspecified atom stereocenters. The SMILES string of the molecule is C#CCOC[C@@H](O)CN(CC=C)Cc1cccn1Cc1ccc(C(C)(C)C)cc1. The Bertz CT molecular complexity index is 793. The highest BCUT2D eigenvalue weighted by atomic mass is 16.5. The van der Waals surface area contributed by atoms with Gasteiger partial charge in [0.25, 0.3) is 0 Å². The molecule has 0 aliphatic rings. The van der Waals surface area contributed by atoms with E-state index >= 15 is 0 Å². The number of rotatable bonds is 11. The molecule has 29 heavy (non-hydrogen) atoms. The van der Waals surface area contributed by atoms with Crippen molar-refractivity contribution >= 4 is 0 Å². The molecule has 1 atom stereocenters. The molecule has 0 saturated carbocycles. The second-order valence-electron chi connectivity index (χ2n) is 8.43. The summed E-state index contributed by atoms with van der Waals surface area (Å²) in [5.74, 6) is 2.41. The van der Waals surface area contributed by atoms with Crippen molar-refractivity contribution < 1.29 is 9.84 Å². The van der Waals surface area contributed by atoms with E-state index in [0.29, 0.717) is 13.1 Å². The van der Waals surface area contributed by atoms with E-state index in [1.165, 1.54) is 16.8 Å². The zero-order valence-electron chi connectivity index (χ0n) is 18.0. The molecule has 0 fully saturated rings. The number of aromatic nitrogens is 1. The van der Waals surface area contributed by atoms with Crippen LogP contribution in [-0.4, -0.2) is 47.0 Å². The Balaban J connectivity index is 2.01. The Morgan fingerprint density at radius 1 is 1.28 bits per heavy atom. The molecule has 2 rings (SSSR count). The van der Waals surface area contributed by atoms with Crippen LogP contribution in [0.1, 0.15) is 37.6 Å². The lowest BCUT2D eigenvalue weighted by molar-refractivity contribution is 0.0281. The van der Waals surface area contributed by atoms with Crippen LogP contribution in [0.5, 0.6) is 0 Å². The summed E-state index contributed by atoms with van der Waals surface area (Å²) < 4.78 is 7.50. The standard InChI is InChI=1S/C25H34N2O2/c1-6-14-26(19-24(28)20-29-16-7-2)18-23-9-8-15-27(23)17-21-10-12-22(13-11-21)25(3,4)5/h2,6,8-13,15,24,28H,1,14,16-20H2,3-5H3/t24-/m0/s1. The number of hydrogen-bond donors (Lipinski definition) is 1. The summed E-state index contributed by atoms with van der Waals surface area (Å²) in [6.45, 7) is 13.7. The number of aliphatic hydroxyl groups is 1. The van der Waals surface area contributed by atoms with Crippen molar-refractivity contribution in [2.45, 2.75) is 45.4 Å². The van der Waals surface area contributed by atoms with Crippen LogP contribution in [0.4, 0.5) is 0 Å². The van der Waals surface area contributed by atoms with Crippen LogP contribution >= 0.6 is 0 Å². The molecular formula is C25H34N2O2. The minimum atomic E-state index is -0.586. The molecule has 1 N–H and O–H groups in total. The van der Waals surface area contributed by atoms with Crippen molar-refractivity contribution in [3.05, 3.63) is 72.1 Å². The fourth-order valence-corrected chi connectivity index (χ4v) is 3.27. The van der Waals surface area contributed by atoms with E-state index in [-0.39, 0.29) is 18.6 Å². The molecule has 0 bridgehead atoms. The van der Waals surface area contributed by atoms with Gasteiger partial charge in [0.1, 0.15) is 6.61 Å². The average Bonchev–Trinajstić information content (AvgIpc) is 3.08. The number of ether oxygens (including phenoxy) is 1. The van der Waals surface area contributed by atoms with Gasteiger partial charge in [-0.2, -0.15) is 0 Å². The highest BCUT2D eigenvalue weighted by Crippen LogP contribution is 2.22.